The van der Waals surface area contributed by atoms with Gasteiger partial charge in [-0.25, -0.2) is 8.42 Å². The van der Waals surface area contributed by atoms with E-state index in [-0.39, 0.29) is 10.8 Å². The van der Waals surface area contributed by atoms with Gasteiger partial charge in [0.25, 0.3) is 15.9 Å². The van der Waals surface area contributed by atoms with Crippen molar-refractivity contribution < 1.29 is 13.2 Å². The largest absolute Gasteiger partial charge is 0.340 e. The van der Waals surface area contributed by atoms with Crippen molar-refractivity contribution >= 4 is 21.6 Å². The van der Waals surface area contributed by atoms with Gasteiger partial charge in [0.05, 0.1) is 0 Å². The van der Waals surface area contributed by atoms with E-state index in [1.54, 1.807) is 27.7 Å². The molecule has 2 heterocycles. The van der Waals surface area contributed by atoms with Crippen LogP contribution in [0.25, 0.3) is 0 Å². The molecular formula is C16H19N3O3S. The van der Waals surface area contributed by atoms with Crippen LogP contribution in [0.5, 0.6) is 0 Å². The molecule has 0 atom stereocenters. The zero-order valence-corrected chi connectivity index (χ0v) is 13.9. The number of hydrogen-bond donors (Lipinski definition) is 1. The number of carbonyl (C=O) groups excluding carboxylic acids is 1. The van der Waals surface area contributed by atoms with Crippen molar-refractivity contribution in [3.63, 3.8) is 0 Å². The van der Waals surface area contributed by atoms with Crippen LogP contribution in [-0.4, -0.2) is 36.9 Å². The van der Waals surface area contributed by atoms with Crippen LogP contribution in [0, 0.1) is 6.92 Å². The first kappa shape index (κ1) is 15.6. The Balaban J connectivity index is 1.92. The normalized spacial score (nSPS) is 14.7. The summed E-state index contributed by atoms with van der Waals surface area (Å²) in [5, 5.41) is 0. The van der Waals surface area contributed by atoms with E-state index in [0.717, 1.165) is 5.56 Å². The Bertz CT molecular complexity index is 855. The van der Waals surface area contributed by atoms with E-state index in [2.05, 4.69) is 4.72 Å². The molecule has 122 valence electrons. The van der Waals surface area contributed by atoms with Crippen molar-refractivity contribution in [1.82, 2.24) is 9.47 Å². The molecule has 7 heteroatoms. The SMILES string of the molecule is CCN1CCn2cc(S(=O)(=O)Nc3cccc(C)c3)cc2C1=O. The highest BCUT2D eigenvalue weighted by Gasteiger charge is 2.27. The number of hydrogen-bond acceptors (Lipinski definition) is 3. The number of amides is 1. The summed E-state index contributed by atoms with van der Waals surface area (Å²) in [5.41, 5.74) is 1.90. The number of anilines is 1. The fourth-order valence-corrected chi connectivity index (χ4v) is 3.80. The van der Waals surface area contributed by atoms with Gasteiger partial charge < -0.3 is 9.47 Å². The van der Waals surface area contributed by atoms with Crippen LogP contribution < -0.4 is 4.72 Å². The molecule has 1 aromatic carbocycles. The fraction of sp³-hybridized carbons (Fsp3) is 0.312. The Morgan fingerprint density at radius 3 is 2.70 bits per heavy atom. The maximum Gasteiger partial charge on any atom is 0.270 e. The van der Waals surface area contributed by atoms with Crippen molar-refractivity contribution in [1.29, 1.82) is 0 Å². The Morgan fingerprint density at radius 1 is 1.22 bits per heavy atom. The van der Waals surface area contributed by atoms with Gasteiger partial charge in [-0.2, -0.15) is 0 Å². The quantitative estimate of drug-likeness (QED) is 0.931. The van der Waals surface area contributed by atoms with Gasteiger partial charge in [-0.1, -0.05) is 12.1 Å². The van der Waals surface area contributed by atoms with Crippen LogP contribution in [0.2, 0.25) is 0 Å². The summed E-state index contributed by atoms with van der Waals surface area (Å²) in [6, 6.07) is 8.60. The molecule has 0 saturated heterocycles. The van der Waals surface area contributed by atoms with Crippen molar-refractivity contribution in [2.45, 2.75) is 25.3 Å². The van der Waals surface area contributed by atoms with Gasteiger partial charge in [-0.3, -0.25) is 9.52 Å². The molecular weight excluding hydrogens is 314 g/mol. The number of sulfonamides is 1. The van der Waals surface area contributed by atoms with E-state index in [9.17, 15) is 13.2 Å². The summed E-state index contributed by atoms with van der Waals surface area (Å²) in [6.45, 7) is 5.63. The van der Waals surface area contributed by atoms with E-state index in [1.165, 1.54) is 12.3 Å². The van der Waals surface area contributed by atoms with Gasteiger partial charge in [0.2, 0.25) is 0 Å². The predicted octanol–water partition coefficient (Wildman–Crippen LogP) is 2.07. The molecule has 1 aromatic heterocycles. The predicted molar refractivity (Wildman–Crippen MR) is 88.0 cm³/mol. The Hall–Kier alpha value is -2.28. The highest BCUT2D eigenvalue weighted by molar-refractivity contribution is 7.92. The molecule has 0 bridgehead atoms. The lowest BCUT2D eigenvalue weighted by Gasteiger charge is -2.26. The fourth-order valence-electron chi connectivity index (χ4n) is 2.71. The van der Waals surface area contributed by atoms with E-state index >= 15 is 0 Å². The smallest absolute Gasteiger partial charge is 0.270 e. The molecule has 0 saturated carbocycles. The lowest BCUT2D eigenvalue weighted by Crippen LogP contribution is -2.39. The Kier molecular flexibility index (Phi) is 3.89. The van der Waals surface area contributed by atoms with Crippen molar-refractivity contribution in [3.8, 4) is 0 Å². The van der Waals surface area contributed by atoms with Crippen LogP contribution in [0.1, 0.15) is 23.0 Å². The molecule has 0 unspecified atom stereocenters. The first-order valence-corrected chi connectivity index (χ1v) is 8.98. The maximum absolute atomic E-state index is 12.5. The summed E-state index contributed by atoms with van der Waals surface area (Å²) in [5.74, 6) is -0.129. The third kappa shape index (κ3) is 2.96. The average Bonchev–Trinajstić information content (AvgIpc) is 2.93. The molecule has 1 aliphatic rings. The standard InChI is InChI=1S/C16H19N3O3S/c1-3-18-7-8-19-11-14(10-15(19)16(18)20)23(21,22)17-13-6-4-5-12(2)9-13/h4-6,9-11,17H,3,7-8H2,1-2H3. The number of nitrogens with zero attached hydrogens (tertiary/aromatic N) is 2. The number of benzene rings is 1. The van der Waals surface area contributed by atoms with Gasteiger partial charge in [0, 0.05) is 31.5 Å². The zero-order chi connectivity index (χ0) is 16.6. The minimum atomic E-state index is -3.71. The summed E-state index contributed by atoms with van der Waals surface area (Å²) in [4.78, 5) is 14.1. The Labute approximate surface area is 135 Å². The summed E-state index contributed by atoms with van der Waals surface area (Å²) in [7, 11) is -3.71. The van der Waals surface area contributed by atoms with Crippen molar-refractivity contribution in [2.75, 3.05) is 17.8 Å². The first-order chi connectivity index (χ1) is 10.9. The number of nitrogens with one attached hydrogen (secondary N) is 1. The van der Waals surface area contributed by atoms with Crippen molar-refractivity contribution in [2.24, 2.45) is 0 Å². The molecule has 0 aliphatic carbocycles. The summed E-state index contributed by atoms with van der Waals surface area (Å²) < 4.78 is 29.3. The van der Waals surface area contributed by atoms with E-state index in [0.29, 0.717) is 31.0 Å². The number of aromatic nitrogens is 1. The highest BCUT2D eigenvalue weighted by atomic mass is 32.2. The molecule has 0 radical (unpaired) electrons. The molecule has 2 aromatic rings. The molecule has 1 amide bonds. The number of carbonyl (C=O) groups is 1. The lowest BCUT2D eigenvalue weighted by atomic mass is 10.2. The highest BCUT2D eigenvalue weighted by Crippen LogP contribution is 2.22. The second-order valence-corrected chi connectivity index (χ2v) is 7.30. The second-order valence-electron chi connectivity index (χ2n) is 5.61. The van der Waals surface area contributed by atoms with E-state index in [4.69, 9.17) is 0 Å². The number of fused-ring (bicyclic) bond motifs is 1. The van der Waals surface area contributed by atoms with Gasteiger partial charge in [0.15, 0.2) is 0 Å². The van der Waals surface area contributed by atoms with Crippen molar-refractivity contribution in [3.05, 3.63) is 47.8 Å². The van der Waals surface area contributed by atoms with Gasteiger partial charge in [-0.05, 0) is 37.6 Å². The molecule has 1 N–H and O–H groups in total. The van der Waals surface area contributed by atoms with Crippen LogP contribution >= 0.6 is 0 Å². The van der Waals surface area contributed by atoms with Crippen LogP contribution in [0.4, 0.5) is 5.69 Å². The van der Waals surface area contributed by atoms with Crippen LogP contribution in [0.3, 0.4) is 0 Å². The molecule has 3 rings (SSSR count). The third-order valence-electron chi connectivity index (χ3n) is 3.95. The monoisotopic (exact) mass is 333 g/mol. The van der Waals surface area contributed by atoms with Gasteiger partial charge in [-0.15, -0.1) is 0 Å². The second kappa shape index (κ2) is 5.73. The molecule has 6 nitrogen and oxygen atoms in total. The molecule has 23 heavy (non-hydrogen) atoms. The number of likely N-dealkylation sites (N-methyl/N-ethyl adjacent to an activating group) is 1. The molecule has 0 fully saturated rings. The summed E-state index contributed by atoms with van der Waals surface area (Å²) >= 11 is 0. The third-order valence-corrected chi connectivity index (χ3v) is 5.30. The van der Waals surface area contributed by atoms with E-state index in [1.807, 2.05) is 19.9 Å². The average molecular weight is 333 g/mol. The minimum absolute atomic E-state index is 0.111. The first-order valence-electron chi connectivity index (χ1n) is 7.49. The zero-order valence-electron chi connectivity index (χ0n) is 13.1. The van der Waals surface area contributed by atoms with Crippen LogP contribution in [-0.2, 0) is 16.6 Å². The van der Waals surface area contributed by atoms with E-state index < -0.39 is 10.0 Å². The number of rotatable bonds is 4. The molecule has 0 spiro atoms. The van der Waals surface area contributed by atoms with Gasteiger partial charge >= 0.3 is 0 Å². The lowest BCUT2D eigenvalue weighted by molar-refractivity contribution is 0.0715. The number of aryl methyl sites for hydroxylation is 1. The summed E-state index contributed by atoms with van der Waals surface area (Å²) in [6.07, 6.45) is 1.53. The van der Waals surface area contributed by atoms with Gasteiger partial charge in [0.1, 0.15) is 10.6 Å². The molecule has 1 aliphatic heterocycles. The topological polar surface area (TPSA) is 71.4 Å². The maximum atomic E-state index is 12.5. The van der Waals surface area contributed by atoms with Crippen LogP contribution in [0.15, 0.2) is 41.4 Å². The Morgan fingerprint density at radius 2 is 2.00 bits per heavy atom. The minimum Gasteiger partial charge on any atom is -0.340 e.